The molecule has 1 aliphatic rings. The van der Waals surface area contributed by atoms with Crippen molar-refractivity contribution in [3.05, 3.63) is 21.1 Å². The Morgan fingerprint density at radius 1 is 1.53 bits per heavy atom. The second-order valence-electron chi connectivity index (χ2n) is 4.79. The van der Waals surface area contributed by atoms with E-state index in [1.54, 1.807) is 13.3 Å². The van der Waals surface area contributed by atoms with Gasteiger partial charge in [-0.25, -0.2) is 4.98 Å². The van der Waals surface area contributed by atoms with Crippen molar-refractivity contribution in [1.29, 1.82) is 0 Å². The molecule has 0 unspecified atom stereocenters. The minimum Gasteiger partial charge on any atom is -0.370 e. The third-order valence-corrected chi connectivity index (χ3v) is 4.85. The molecule has 3 nitrogen and oxygen atoms in total. The fourth-order valence-corrected chi connectivity index (χ4v) is 2.73. The SMILES string of the molecule is COC1(c2ncc(Br)c(=S)[nH]2)CCC(C)CC1. The largest absolute Gasteiger partial charge is 0.370 e. The number of aromatic nitrogens is 2. The molecule has 0 atom stereocenters. The van der Waals surface area contributed by atoms with Crippen LogP contribution in [0.4, 0.5) is 0 Å². The van der Waals surface area contributed by atoms with E-state index < -0.39 is 0 Å². The van der Waals surface area contributed by atoms with Gasteiger partial charge in [-0.1, -0.05) is 19.1 Å². The standard InChI is InChI=1S/C12H17BrN2OS/c1-8-3-5-12(16-2,6-4-8)11-14-7-9(13)10(17)15-11/h7-8H,3-6H2,1-2H3,(H,14,15,17). The zero-order valence-corrected chi connectivity index (χ0v) is 12.5. The molecule has 0 aliphatic heterocycles. The second-order valence-corrected chi connectivity index (χ2v) is 6.05. The number of nitrogens with one attached hydrogen (secondary N) is 1. The Balaban J connectivity index is 2.34. The molecule has 0 radical (unpaired) electrons. The molecule has 2 rings (SSSR count). The number of nitrogens with zero attached hydrogens (tertiary/aromatic N) is 1. The highest BCUT2D eigenvalue weighted by atomic mass is 79.9. The summed E-state index contributed by atoms with van der Waals surface area (Å²) in [7, 11) is 1.76. The highest BCUT2D eigenvalue weighted by Crippen LogP contribution is 2.40. The molecule has 1 aliphatic carbocycles. The van der Waals surface area contributed by atoms with Crippen LogP contribution in [-0.4, -0.2) is 17.1 Å². The molecule has 5 heteroatoms. The Hall–Kier alpha value is -0.260. The predicted octanol–water partition coefficient (Wildman–Crippen LogP) is 3.95. The Morgan fingerprint density at radius 3 is 2.71 bits per heavy atom. The minimum atomic E-state index is -0.277. The summed E-state index contributed by atoms with van der Waals surface area (Å²) in [5, 5.41) is 0. The Kier molecular flexibility index (Phi) is 4.00. The van der Waals surface area contributed by atoms with Gasteiger partial charge in [0.15, 0.2) is 0 Å². The van der Waals surface area contributed by atoms with Gasteiger partial charge in [-0.2, -0.15) is 0 Å². The van der Waals surface area contributed by atoms with Crippen molar-refractivity contribution in [3.8, 4) is 0 Å². The van der Waals surface area contributed by atoms with Crippen molar-refractivity contribution in [2.75, 3.05) is 7.11 Å². The van der Waals surface area contributed by atoms with Gasteiger partial charge >= 0.3 is 0 Å². The normalized spacial score (nSPS) is 29.2. The predicted molar refractivity (Wildman–Crippen MR) is 73.4 cm³/mol. The molecule has 1 N–H and O–H groups in total. The van der Waals surface area contributed by atoms with E-state index in [1.807, 2.05) is 0 Å². The fraction of sp³-hybridized carbons (Fsp3) is 0.667. The molecule has 0 amide bonds. The number of ether oxygens (including phenoxy) is 1. The molecule has 0 spiro atoms. The van der Waals surface area contributed by atoms with Crippen LogP contribution in [0.25, 0.3) is 0 Å². The molecule has 1 fully saturated rings. The number of rotatable bonds is 2. The highest BCUT2D eigenvalue weighted by molar-refractivity contribution is 9.10. The lowest BCUT2D eigenvalue weighted by atomic mass is 9.79. The smallest absolute Gasteiger partial charge is 0.139 e. The maximum absolute atomic E-state index is 5.75. The number of halogens is 1. The van der Waals surface area contributed by atoms with E-state index in [9.17, 15) is 0 Å². The molecular formula is C12H17BrN2OS. The zero-order valence-electron chi connectivity index (χ0n) is 10.1. The minimum absolute atomic E-state index is 0.277. The van der Waals surface area contributed by atoms with Crippen LogP contribution < -0.4 is 0 Å². The summed E-state index contributed by atoms with van der Waals surface area (Å²) in [5.74, 6) is 1.64. The Morgan fingerprint density at radius 2 is 2.18 bits per heavy atom. The number of methoxy groups -OCH3 is 1. The first kappa shape index (κ1) is 13.2. The lowest BCUT2D eigenvalue weighted by molar-refractivity contribution is -0.0598. The number of hydrogen-bond donors (Lipinski definition) is 1. The van der Waals surface area contributed by atoms with Crippen LogP contribution in [0.5, 0.6) is 0 Å². The lowest BCUT2D eigenvalue weighted by Crippen LogP contribution is -2.35. The zero-order chi connectivity index (χ0) is 12.5. The summed E-state index contributed by atoms with van der Waals surface area (Å²) in [6.45, 7) is 2.29. The van der Waals surface area contributed by atoms with Crippen LogP contribution >= 0.6 is 28.1 Å². The first-order valence-corrected chi connectivity index (χ1v) is 7.08. The van der Waals surface area contributed by atoms with Crippen LogP contribution in [0.1, 0.15) is 38.4 Å². The van der Waals surface area contributed by atoms with Crippen LogP contribution in [0.15, 0.2) is 10.7 Å². The van der Waals surface area contributed by atoms with E-state index in [2.05, 4.69) is 32.8 Å². The molecule has 0 saturated heterocycles. The maximum Gasteiger partial charge on any atom is 0.139 e. The number of hydrogen-bond acceptors (Lipinski definition) is 3. The van der Waals surface area contributed by atoms with Gasteiger partial charge in [0.1, 0.15) is 16.1 Å². The van der Waals surface area contributed by atoms with E-state index in [0.29, 0.717) is 4.64 Å². The first-order chi connectivity index (χ1) is 8.07. The molecule has 1 aromatic heterocycles. The van der Waals surface area contributed by atoms with Gasteiger partial charge in [-0.3, -0.25) is 0 Å². The molecule has 0 aromatic carbocycles. The number of H-pyrrole nitrogens is 1. The topological polar surface area (TPSA) is 37.9 Å². The monoisotopic (exact) mass is 316 g/mol. The van der Waals surface area contributed by atoms with Crippen LogP contribution in [0, 0.1) is 10.6 Å². The third kappa shape index (κ3) is 2.61. The van der Waals surface area contributed by atoms with Crippen LogP contribution in [-0.2, 0) is 10.3 Å². The average molecular weight is 317 g/mol. The summed E-state index contributed by atoms with van der Waals surface area (Å²) in [5.41, 5.74) is -0.277. The van der Waals surface area contributed by atoms with E-state index in [0.717, 1.165) is 29.1 Å². The van der Waals surface area contributed by atoms with E-state index in [4.69, 9.17) is 17.0 Å². The second kappa shape index (κ2) is 5.16. The molecule has 0 bridgehead atoms. The summed E-state index contributed by atoms with van der Waals surface area (Å²) in [6.07, 6.45) is 6.11. The quantitative estimate of drug-likeness (QED) is 0.839. The summed E-state index contributed by atoms with van der Waals surface area (Å²) >= 11 is 8.60. The molecule has 94 valence electrons. The molecule has 1 aromatic rings. The molecule has 1 saturated carbocycles. The first-order valence-electron chi connectivity index (χ1n) is 5.88. The lowest BCUT2D eigenvalue weighted by Gasteiger charge is -2.37. The highest BCUT2D eigenvalue weighted by Gasteiger charge is 2.38. The van der Waals surface area contributed by atoms with Gasteiger partial charge in [0.05, 0.1) is 4.47 Å². The van der Waals surface area contributed by atoms with Gasteiger partial charge in [0.25, 0.3) is 0 Å². The van der Waals surface area contributed by atoms with Gasteiger partial charge in [-0.05, 0) is 47.5 Å². The van der Waals surface area contributed by atoms with Crippen LogP contribution in [0.3, 0.4) is 0 Å². The summed E-state index contributed by atoms with van der Waals surface area (Å²) < 4.78 is 7.26. The van der Waals surface area contributed by atoms with E-state index in [1.165, 1.54) is 12.8 Å². The number of aromatic amines is 1. The van der Waals surface area contributed by atoms with Crippen molar-refractivity contribution in [2.24, 2.45) is 5.92 Å². The Bertz CT molecular complexity index is 452. The molecule has 17 heavy (non-hydrogen) atoms. The third-order valence-electron chi connectivity index (χ3n) is 3.66. The van der Waals surface area contributed by atoms with Crippen molar-refractivity contribution in [1.82, 2.24) is 9.97 Å². The van der Waals surface area contributed by atoms with Crippen LogP contribution in [0.2, 0.25) is 0 Å². The summed E-state index contributed by atoms with van der Waals surface area (Å²) in [4.78, 5) is 7.62. The molecule has 1 heterocycles. The maximum atomic E-state index is 5.75. The molecular weight excluding hydrogens is 300 g/mol. The van der Waals surface area contributed by atoms with Crippen molar-refractivity contribution in [3.63, 3.8) is 0 Å². The van der Waals surface area contributed by atoms with Gasteiger partial charge in [0.2, 0.25) is 0 Å². The van der Waals surface area contributed by atoms with Crippen molar-refractivity contribution < 1.29 is 4.74 Å². The van der Waals surface area contributed by atoms with E-state index >= 15 is 0 Å². The van der Waals surface area contributed by atoms with Gasteiger partial charge in [-0.15, -0.1) is 0 Å². The summed E-state index contributed by atoms with van der Waals surface area (Å²) in [6, 6.07) is 0. The average Bonchev–Trinajstić information content (AvgIpc) is 2.34. The van der Waals surface area contributed by atoms with Gasteiger partial charge < -0.3 is 9.72 Å². The van der Waals surface area contributed by atoms with Gasteiger partial charge in [0, 0.05) is 13.3 Å². The van der Waals surface area contributed by atoms with Crippen molar-refractivity contribution >= 4 is 28.1 Å². The van der Waals surface area contributed by atoms with Crippen molar-refractivity contribution in [2.45, 2.75) is 38.2 Å². The van der Waals surface area contributed by atoms with E-state index in [-0.39, 0.29) is 5.60 Å². The Labute approximate surface area is 115 Å². The fourth-order valence-electron chi connectivity index (χ4n) is 2.38.